The molecule has 3 aromatic heterocycles. The van der Waals surface area contributed by atoms with Gasteiger partial charge in [-0.2, -0.15) is 13.9 Å². The summed E-state index contributed by atoms with van der Waals surface area (Å²) in [7, 11) is 1.41. The van der Waals surface area contributed by atoms with Gasteiger partial charge < -0.3 is 9.47 Å². The van der Waals surface area contributed by atoms with E-state index in [1.165, 1.54) is 13.2 Å². The van der Waals surface area contributed by atoms with Crippen LogP contribution in [0.25, 0.3) is 28.0 Å². The third-order valence-electron chi connectivity index (χ3n) is 5.59. The van der Waals surface area contributed by atoms with Gasteiger partial charge in [0.05, 0.1) is 25.2 Å². The van der Waals surface area contributed by atoms with Gasteiger partial charge in [-0.1, -0.05) is 0 Å². The summed E-state index contributed by atoms with van der Waals surface area (Å²) >= 11 is 0. The maximum atomic E-state index is 13.2. The lowest BCUT2D eigenvalue weighted by molar-refractivity contribution is -0.0502. The molecule has 0 atom stereocenters. The van der Waals surface area contributed by atoms with E-state index in [4.69, 9.17) is 9.47 Å². The minimum Gasteiger partial charge on any atom is -0.496 e. The molecule has 0 spiro atoms. The minimum atomic E-state index is -3.07. The Hall–Kier alpha value is -3.75. The number of rotatable bonds is 8. The van der Waals surface area contributed by atoms with Gasteiger partial charge in [-0.05, 0) is 48.6 Å². The summed E-state index contributed by atoms with van der Waals surface area (Å²) in [6.45, 7) is -3.07. The average molecular weight is 438 g/mol. The van der Waals surface area contributed by atoms with Crippen LogP contribution >= 0.6 is 0 Å². The van der Waals surface area contributed by atoms with Crippen LogP contribution < -0.4 is 9.47 Å². The Balaban J connectivity index is 1.59. The van der Waals surface area contributed by atoms with Crippen LogP contribution in [0, 0.1) is 5.92 Å². The number of hydrogen-bond acceptors (Lipinski definition) is 5. The molecule has 0 aliphatic heterocycles. The van der Waals surface area contributed by atoms with Crippen LogP contribution in [0.2, 0.25) is 0 Å². The van der Waals surface area contributed by atoms with Crippen molar-refractivity contribution < 1.29 is 23.0 Å². The van der Waals surface area contributed by atoms with Crippen molar-refractivity contribution in [1.82, 2.24) is 19.6 Å². The largest absolute Gasteiger partial charge is 0.496 e. The zero-order chi connectivity index (χ0) is 22.2. The van der Waals surface area contributed by atoms with E-state index in [9.17, 15) is 13.6 Å². The second-order valence-corrected chi connectivity index (χ2v) is 7.77. The van der Waals surface area contributed by atoms with Gasteiger partial charge in [-0.25, -0.2) is 4.98 Å². The molecule has 164 valence electrons. The molecule has 1 N–H and O–H groups in total. The molecule has 7 nitrogen and oxygen atoms in total. The van der Waals surface area contributed by atoms with Crippen LogP contribution in [0.3, 0.4) is 0 Å². The number of H-pyrrole nitrogens is 1. The lowest BCUT2D eigenvalue weighted by Gasteiger charge is -2.16. The van der Waals surface area contributed by atoms with Crippen molar-refractivity contribution in [2.75, 3.05) is 7.11 Å². The monoisotopic (exact) mass is 438 g/mol. The molecule has 0 unspecified atom stereocenters. The summed E-state index contributed by atoms with van der Waals surface area (Å²) in [6, 6.07) is 6.91. The number of carbonyl (C=O) groups is 1. The van der Waals surface area contributed by atoms with E-state index < -0.39 is 6.61 Å². The highest BCUT2D eigenvalue weighted by Gasteiger charge is 2.29. The van der Waals surface area contributed by atoms with E-state index in [0.717, 1.165) is 24.0 Å². The second kappa shape index (κ2) is 8.07. The number of nitrogens with zero attached hydrogens (tertiary/aromatic N) is 3. The predicted octanol–water partition coefficient (Wildman–Crippen LogP) is 4.98. The topological polar surface area (TPSA) is 81.5 Å². The molecule has 9 heteroatoms. The number of carbonyl (C=O) groups excluding carboxylic acids is 1. The Morgan fingerprint density at radius 2 is 2.00 bits per heavy atom. The number of aromatic nitrogens is 4. The van der Waals surface area contributed by atoms with Crippen molar-refractivity contribution in [3.8, 4) is 33.9 Å². The number of alkyl halides is 2. The molecule has 3 heterocycles. The fourth-order valence-electron chi connectivity index (χ4n) is 3.83. The van der Waals surface area contributed by atoms with Crippen LogP contribution in [0.1, 0.15) is 29.6 Å². The molecular weight excluding hydrogens is 418 g/mol. The number of halogens is 2. The van der Waals surface area contributed by atoms with Gasteiger partial charge in [0.25, 0.3) is 0 Å². The van der Waals surface area contributed by atoms with Crippen molar-refractivity contribution in [1.29, 1.82) is 0 Å². The maximum absolute atomic E-state index is 13.2. The van der Waals surface area contributed by atoms with Crippen molar-refractivity contribution >= 4 is 11.4 Å². The van der Waals surface area contributed by atoms with E-state index in [0.29, 0.717) is 29.2 Å². The number of benzene rings is 1. The van der Waals surface area contributed by atoms with E-state index in [1.54, 1.807) is 24.7 Å². The number of Topliss-reactive ketones (excluding diaryl/α,β-unsaturated/α-hetero) is 1. The summed E-state index contributed by atoms with van der Waals surface area (Å²) in [5, 5.41) is 6.74. The Morgan fingerprint density at radius 3 is 2.69 bits per heavy atom. The van der Waals surface area contributed by atoms with Crippen molar-refractivity contribution in [3.63, 3.8) is 0 Å². The average Bonchev–Trinajstić information content (AvgIpc) is 3.26. The smallest absolute Gasteiger partial charge is 0.387 e. The molecule has 1 aromatic carbocycles. The van der Waals surface area contributed by atoms with Crippen molar-refractivity contribution in [2.24, 2.45) is 5.92 Å². The molecule has 0 bridgehead atoms. The molecule has 0 amide bonds. The molecule has 1 aliphatic carbocycles. The van der Waals surface area contributed by atoms with Crippen LogP contribution in [0.4, 0.5) is 8.78 Å². The first-order valence-corrected chi connectivity index (χ1v) is 10.2. The van der Waals surface area contributed by atoms with Gasteiger partial charge in [0.1, 0.15) is 22.7 Å². The fourth-order valence-corrected chi connectivity index (χ4v) is 3.83. The molecule has 4 aromatic rings. The first-order chi connectivity index (χ1) is 15.5. The van der Waals surface area contributed by atoms with Crippen LogP contribution in [-0.4, -0.2) is 39.1 Å². The summed E-state index contributed by atoms with van der Waals surface area (Å²) in [6.07, 6.45) is 9.21. The number of imidazole rings is 1. The van der Waals surface area contributed by atoms with Gasteiger partial charge in [-0.15, -0.1) is 0 Å². The zero-order valence-corrected chi connectivity index (χ0v) is 17.2. The minimum absolute atomic E-state index is 0.0551. The normalized spacial score (nSPS) is 13.6. The Labute approximate surface area is 182 Å². The maximum Gasteiger partial charge on any atom is 0.387 e. The Morgan fingerprint density at radius 1 is 1.19 bits per heavy atom. The molecule has 0 radical (unpaired) electrons. The third kappa shape index (κ3) is 3.81. The van der Waals surface area contributed by atoms with E-state index in [-0.39, 0.29) is 22.8 Å². The Kier molecular flexibility index (Phi) is 5.08. The number of nitrogens with one attached hydrogen (secondary N) is 1. The third-order valence-corrected chi connectivity index (χ3v) is 5.59. The lowest BCUT2D eigenvalue weighted by atomic mass is 10.00. The standard InChI is InChI=1S/C23H20F2N4O3/c1-31-19-7-15(8-20(32-23(24)25)22(19)18(30)6-13-2-3-13)17-12-26-21-9-14(4-5-29(17)21)16-10-27-28-11-16/h4-5,7-13,23H,2-3,6H2,1H3,(H,27,28). The number of ether oxygens (including phenoxy) is 2. The van der Waals surface area contributed by atoms with E-state index in [1.807, 2.05) is 22.7 Å². The van der Waals surface area contributed by atoms with Crippen LogP contribution in [-0.2, 0) is 0 Å². The molecule has 32 heavy (non-hydrogen) atoms. The first-order valence-electron chi connectivity index (χ1n) is 10.2. The molecule has 1 saturated carbocycles. The van der Waals surface area contributed by atoms with Gasteiger partial charge >= 0.3 is 6.61 Å². The SMILES string of the molecule is COc1cc(-c2cnc3cc(-c4cn[nH]c4)ccn23)cc(OC(F)F)c1C(=O)CC1CC1. The van der Waals surface area contributed by atoms with Gasteiger partial charge in [0.15, 0.2) is 5.78 Å². The van der Waals surface area contributed by atoms with Crippen molar-refractivity contribution in [3.05, 3.63) is 54.6 Å². The quantitative estimate of drug-likeness (QED) is 0.392. The lowest BCUT2D eigenvalue weighted by Crippen LogP contribution is -2.11. The van der Waals surface area contributed by atoms with Gasteiger partial charge in [0, 0.05) is 29.9 Å². The first kappa shape index (κ1) is 20.2. The molecule has 1 aliphatic rings. The number of methoxy groups -OCH3 is 1. The number of ketones is 1. The number of pyridine rings is 1. The van der Waals surface area contributed by atoms with Crippen LogP contribution in [0.5, 0.6) is 11.5 Å². The summed E-state index contributed by atoms with van der Waals surface area (Å²) in [4.78, 5) is 17.3. The van der Waals surface area contributed by atoms with E-state index >= 15 is 0 Å². The molecule has 5 rings (SSSR count). The number of hydrogen-bond donors (Lipinski definition) is 1. The fraction of sp³-hybridized carbons (Fsp3) is 0.261. The highest BCUT2D eigenvalue weighted by atomic mass is 19.3. The zero-order valence-electron chi connectivity index (χ0n) is 17.2. The molecule has 1 fully saturated rings. The molecular formula is C23H20F2N4O3. The number of fused-ring (bicyclic) bond motifs is 1. The second-order valence-electron chi connectivity index (χ2n) is 7.77. The Bertz CT molecular complexity index is 1280. The van der Waals surface area contributed by atoms with E-state index in [2.05, 4.69) is 15.2 Å². The predicted molar refractivity (Wildman–Crippen MR) is 113 cm³/mol. The van der Waals surface area contributed by atoms with Crippen molar-refractivity contribution in [2.45, 2.75) is 25.9 Å². The molecule has 0 saturated heterocycles. The summed E-state index contributed by atoms with van der Waals surface area (Å²) in [5.41, 5.74) is 3.78. The van der Waals surface area contributed by atoms with Gasteiger partial charge in [-0.3, -0.25) is 14.3 Å². The van der Waals surface area contributed by atoms with Gasteiger partial charge in [0.2, 0.25) is 0 Å². The summed E-state index contributed by atoms with van der Waals surface area (Å²) < 4.78 is 38.4. The highest BCUT2D eigenvalue weighted by Crippen LogP contribution is 2.40. The van der Waals surface area contributed by atoms with Crippen LogP contribution in [0.15, 0.2) is 49.1 Å². The highest BCUT2D eigenvalue weighted by molar-refractivity contribution is 6.02. The summed E-state index contributed by atoms with van der Waals surface area (Å²) in [5.74, 6) is 0.0580. The number of aromatic amines is 1.